The van der Waals surface area contributed by atoms with Gasteiger partial charge in [-0.2, -0.15) is 0 Å². The molecule has 1 fully saturated rings. The number of aryl methyl sites for hydroxylation is 1. The molecule has 1 aromatic carbocycles. The minimum absolute atomic E-state index is 0. The predicted octanol–water partition coefficient (Wildman–Crippen LogP) is 3.09. The van der Waals surface area contributed by atoms with Gasteiger partial charge in [-0.15, -0.1) is 23.7 Å². The van der Waals surface area contributed by atoms with Crippen LogP contribution in [-0.2, 0) is 4.79 Å². The highest BCUT2D eigenvalue weighted by molar-refractivity contribution is 7.18. The van der Waals surface area contributed by atoms with Gasteiger partial charge in [0.1, 0.15) is 0 Å². The number of halogens is 1. The first kappa shape index (κ1) is 15.2. The molecule has 2 unspecified atom stereocenters. The molecule has 0 spiro atoms. The van der Waals surface area contributed by atoms with Gasteiger partial charge >= 0.3 is 0 Å². The van der Waals surface area contributed by atoms with Crippen LogP contribution < -0.4 is 11.1 Å². The lowest BCUT2D eigenvalue weighted by Crippen LogP contribution is -2.23. The summed E-state index contributed by atoms with van der Waals surface area (Å²) in [7, 11) is 0. The molecule has 1 saturated carbocycles. The van der Waals surface area contributed by atoms with Gasteiger partial charge in [-0.3, -0.25) is 4.79 Å². The van der Waals surface area contributed by atoms with Gasteiger partial charge in [0.15, 0.2) is 0 Å². The van der Waals surface area contributed by atoms with E-state index in [0.717, 1.165) is 40.2 Å². The zero-order valence-corrected chi connectivity index (χ0v) is 12.9. The molecular weight excluding hydrogens is 294 g/mol. The van der Waals surface area contributed by atoms with Crippen LogP contribution in [-0.4, -0.2) is 16.9 Å². The van der Waals surface area contributed by atoms with Crippen LogP contribution in [0.4, 0.5) is 5.69 Å². The Kier molecular flexibility index (Phi) is 4.62. The molecule has 0 radical (unpaired) electrons. The number of thiazole rings is 1. The number of nitrogens with one attached hydrogen (secondary N) is 1. The van der Waals surface area contributed by atoms with Gasteiger partial charge in [-0.25, -0.2) is 4.98 Å². The number of amides is 1. The van der Waals surface area contributed by atoms with Gasteiger partial charge in [0, 0.05) is 17.6 Å². The van der Waals surface area contributed by atoms with Gasteiger partial charge in [0.2, 0.25) is 5.91 Å². The van der Waals surface area contributed by atoms with Crippen LogP contribution in [0.5, 0.6) is 0 Å². The van der Waals surface area contributed by atoms with Crippen molar-refractivity contribution in [3.05, 3.63) is 23.2 Å². The summed E-state index contributed by atoms with van der Waals surface area (Å²) in [5.41, 5.74) is 7.68. The van der Waals surface area contributed by atoms with Crippen molar-refractivity contribution in [2.24, 2.45) is 11.7 Å². The van der Waals surface area contributed by atoms with E-state index in [2.05, 4.69) is 10.3 Å². The normalized spacial score (nSPS) is 21.7. The molecular formula is C14H18ClN3OS. The molecule has 1 heterocycles. The summed E-state index contributed by atoms with van der Waals surface area (Å²) >= 11 is 1.64. The van der Waals surface area contributed by atoms with Crippen molar-refractivity contribution >= 4 is 45.6 Å². The van der Waals surface area contributed by atoms with E-state index in [-0.39, 0.29) is 30.3 Å². The highest BCUT2D eigenvalue weighted by Gasteiger charge is 2.27. The van der Waals surface area contributed by atoms with Crippen molar-refractivity contribution in [3.63, 3.8) is 0 Å². The molecule has 1 aliphatic carbocycles. The molecule has 1 aromatic heterocycles. The second kappa shape index (κ2) is 6.08. The van der Waals surface area contributed by atoms with Crippen molar-refractivity contribution in [1.82, 2.24) is 4.98 Å². The molecule has 108 valence electrons. The fourth-order valence-corrected chi connectivity index (χ4v) is 3.48. The number of hydrogen-bond acceptors (Lipinski definition) is 4. The van der Waals surface area contributed by atoms with Crippen LogP contribution in [0.25, 0.3) is 10.2 Å². The molecule has 1 aliphatic rings. The van der Waals surface area contributed by atoms with Crippen molar-refractivity contribution in [1.29, 1.82) is 0 Å². The number of fused-ring (bicyclic) bond motifs is 1. The number of nitrogens with zero attached hydrogens (tertiary/aromatic N) is 1. The Balaban J connectivity index is 0.00000147. The minimum Gasteiger partial charge on any atom is -0.328 e. The Morgan fingerprint density at radius 2 is 2.25 bits per heavy atom. The van der Waals surface area contributed by atoms with Crippen LogP contribution in [0.3, 0.4) is 0 Å². The van der Waals surface area contributed by atoms with Gasteiger partial charge < -0.3 is 11.1 Å². The monoisotopic (exact) mass is 311 g/mol. The number of carbonyl (C=O) groups is 1. The molecule has 3 rings (SSSR count). The van der Waals surface area contributed by atoms with E-state index in [1.54, 1.807) is 11.3 Å². The quantitative estimate of drug-likeness (QED) is 0.895. The maximum Gasteiger partial charge on any atom is 0.227 e. The summed E-state index contributed by atoms with van der Waals surface area (Å²) in [6.07, 6.45) is 2.65. The summed E-state index contributed by atoms with van der Waals surface area (Å²) in [6, 6.07) is 6.04. The third-order valence-corrected chi connectivity index (χ3v) is 4.54. The number of rotatable bonds is 2. The van der Waals surface area contributed by atoms with Crippen LogP contribution in [0.1, 0.15) is 24.3 Å². The van der Waals surface area contributed by atoms with Gasteiger partial charge in [0.05, 0.1) is 15.2 Å². The average Bonchev–Trinajstić information content (AvgIpc) is 2.93. The Labute approximate surface area is 128 Å². The lowest BCUT2D eigenvalue weighted by molar-refractivity contribution is -0.119. The zero-order chi connectivity index (χ0) is 13.4. The molecule has 4 nitrogen and oxygen atoms in total. The van der Waals surface area contributed by atoms with Crippen LogP contribution in [0, 0.1) is 12.8 Å². The van der Waals surface area contributed by atoms with Gasteiger partial charge in [-0.05, 0) is 44.4 Å². The van der Waals surface area contributed by atoms with E-state index >= 15 is 0 Å². The lowest BCUT2D eigenvalue weighted by atomic mass is 10.1. The molecule has 1 amide bonds. The Hall–Kier alpha value is -1.17. The fourth-order valence-electron chi connectivity index (χ4n) is 2.62. The first-order valence-corrected chi connectivity index (χ1v) is 7.37. The first-order valence-electron chi connectivity index (χ1n) is 6.55. The number of aromatic nitrogens is 1. The van der Waals surface area contributed by atoms with Crippen molar-refractivity contribution < 1.29 is 4.79 Å². The number of nitrogens with two attached hydrogens (primary N) is 1. The SMILES string of the molecule is Cc1nc2ccc(NC(=O)C3CCC(N)C3)cc2s1.Cl. The minimum atomic E-state index is 0. The summed E-state index contributed by atoms with van der Waals surface area (Å²) < 4.78 is 1.11. The number of carbonyl (C=O) groups excluding carboxylic acids is 1. The largest absolute Gasteiger partial charge is 0.328 e. The molecule has 0 bridgehead atoms. The lowest BCUT2D eigenvalue weighted by Gasteiger charge is -2.10. The standard InChI is InChI=1S/C14H17N3OS.ClH/c1-8-16-12-5-4-11(7-13(12)19-8)17-14(18)9-2-3-10(15)6-9;/h4-5,7,9-10H,2-3,6,15H2,1H3,(H,17,18);1H. The van der Waals surface area contributed by atoms with E-state index in [9.17, 15) is 4.79 Å². The Morgan fingerprint density at radius 3 is 2.95 bits per heavy atom. The van der Waals surface area contributed by atoms with Crippen LogP contribution in [0.2, 0.25) is 0 Å². The van der Waals surface area contributed by atoms with E-state index < -0.39 is 0 Å². The summed E-state index contributed by atoms with van der Waals surface area (Å²) in [6.45, 7) is 1.99. The first-order chi connectivity index (χ1) is 9.11. The number of anilines is 1. The third-order valence-electron chi connectivity index (χ3n) is 3.61. The molecule has 3 N–H and O–H groups in total. The fraction of sp³-hybridized carbons (Fsp3) is 0.429. The second-order valence-electron chi connectivity index (χ2n) is 5.17. The van der Waals surface area contributed by atoms with E-state index in [4.69, 9.17) is 5.73 Å². The average molecular weight is 312 g/mol. The maximum absolute atomic E-state index is 12.1. The summed E-state index contributed by atoms with van der Waals surface area (Å²) in [4.78, 5) is 16.5. The van der Waals surface area contributed by atoms with E-state index in [1.807, 2.05) is 25.1 Å². The number of benzene rings is 1. The summed E-state index contributed by atoms with van der Waals surface area (Å²) in [5.74, 6) is 0.155. The smallest absolute Gasteiger partial charge is 0.227 e. The van der Waals surface area contributed by atoms with Gasteiger partial charge in [0.25, 0.3) is 0 Å². The van der Waals surface area contributed by atoms with Crippen molar-refractivity contribution in [3.8, 4) is 0 Å². The molecule has 2 atom stereocenters. The van der Waals surface area contributed by atoms with Crippen LogP contribution in [0.15, 0.2) is 18.2 Å². The maximum atomic E-state index is 12.1. The van der Waals surface area contributed by atoms with E-state index in [0.29, 0.717) is 0 Å². The van der Waals surface area contributed by atoms with Crippen LogP contribution >= 0.6 is 23.7 Å². The topological polar surface area (TPSA) is 68.0 Å². The highest BCUT2D eigenvalue weighted by Crippen LogP contribution is 2.28. The molecule has 2 aromatic rings. The third kappa shape index (κ3) is 3.11. The summed E-state index contributed by atoms with van der Waals surface area (Å²) in [5, 5.41) is 4.03. The molecule has 0 aliphatic heterocycles. The van der Waals surface area contributed by atoms with E-state index in [1.165, 1.54) is 0 Å². The molecule has 20 heavy (non-hydrogen) atoms. The zero-order valence-electron chi connectivity index (χ0n) is 11.3. The predicted molar refractivity (Wildman–Crippen MR) is 85.6 cm³/mol. The Morgan fingerprint density at radius 1 is 1.45 bits per heavy atom. The molecule has 0 saturated heterocycles. The number of hydrogen-bond donors (Lipinski definition) is 2. The Bertz CT molecular complexity index is 628. The van der Waals surface area contributed by atoms with Gasteiger partial charge in [-0.1, -0.05) is 0 Å². The highest BCUT2D eigenvalue weighted by atomic mass is 35.5. The second-order valence-corrected chi connectivity index (χ2v) is 6.41. The van der Waals surface area contributed by atoms with Crippen molar-refractivity contribution in [2.45, 2.75) is 32.2 Å². The van der Waals surface area contributed by atoms with Crippen molar-refractivity contribution in [2.75, 3.05) is 5.32 Å². The molecule has 6 heteroatoms.